The molecule has 0 bridgehead atoms. The van der Waals surface area contributed by atoms with Gasteiger partial charge in [-0.2, -0.15) is 0 Å². The highest BCUT2D eigenvalue weighted by Crippen LogP contribution is 2.16. The van der Waals surface area contributed by atoms with Crippen LogP contribution in [0.15, 0.2) is 91.4 Å². The molecule has 164 valence electrons. The molecular formula is C27H21N7. The molecule has 7 nitrogen and oxygen atoms in total. The van der Waals surface area contributed by atoms with Crippen molar-refractivity contribution in [2.75, 3.05) is 0 Å². The summed E-state index contributed by atoms with van der Waals surface area (Å²) in [4.78, 5) is 30.5. The molecule has 0 saturated heterocycles. The minimum Gasteiger partial charge on any atom is -0.286 e. The molecule has 0 amide bonds. The van der Waals surface area contributed by atoms with Crippen LogP contribution in [0.5, 0.6) is 0 Å². The molecule has 6 aromatic rings. The van der Waals surface area contributed by atoms with Crippen molar-refractivity contribution < 1.29 is 0 Å². The van der Waals surface area contributed by atoms with E-state index in [-0.39, 0.29) is 0 Å². The molecule has 0 radical (unpaired) electrons. The highest BCUT2D eigenvalue weighted by molar-refractivity contribution is 5.74. The standard InChI is InChI=1S/C27H21N7/c1-4-10-25-22(7-1)28-13-19(31-25)16-34(17-20-14-29-23-8-2-5-11-26(23)32-20)18-21-15-30-24-9-3-6-12-27(24)33-21/h1-15H,16-18H2. The zero-order valence-corrected chi connectivity index (χ0v) is 18.4. The summed E-state index contributed by atoms with van der Waals surface area (Å²) >= 11 is 0. The van der Waals surface area contributed by atoms with Crippen LogP contribution in [0.1, 0.15) is 17.1 Å². The van der Waals surface area contributed by atoms with E-state index in [1.54, 1.807) is 0 Å². The predicted octanol–water partition coefficient (Wildman–Crippen LogP) is 4.72. The molecule has 0 atom stereocenters. The third-order valence-corrected chi connectivity index (χ3v) is 5.65. The Bertz CT molecular complexity index is 1420. The smallest absolute Gasteiger partial charge is 0.0890 e. The lowest BCUT2D eigenvalue weighted by Gasteiger charge is -2.21. The molecule has 3 heterocycles. The summed E-state index contributed by atoms with van der Waals surface area (Å²) in [6, 6.07) is 23.7. The van der Waals surface area contributed by atoms with Crippen LogP contribution in [0.3, 0.4) is 0 Å². The first-order valence-electron chi connectivity index (χ1n) is 11.1. The van der Waals surface area contributed by atoms with Gasteiger partial charge >= 0.3 is 0 Å². The molecular weight excluding hydrogens is 422 g/mol. The Labute approximate surface area is 196 Å². The molecule has 3 aromatic heterocycles. The first-order chi connectivity index (χ1) is 16.8. The quantitative estimate of drug-likeness (QED) is 0.368. The number of aromatic nitrogens is 6. The largest absolute Gasteiger partial charge is 0.286 e. The predicted molar refractivity (Wildman–Crippen MR) is 132 cm³/mol. The van der Waals surface area contributed by atoms with Crippen molar-refractivity contribution in [2.24, 2.45) is 0 Å². The van der Waals surface area contributed by atoms with Crippen LogP contribution in [0.25, 0.3) is 33.1 Å². The molecule has 0 fully saturated rings. The number of rotatable bonds is 6. The van der Waals surface area contributed by atoms with Crippen LogP contribution < -0.4 is 0 Å². The highest BCUT2D eigenvalue weighted by atomic mass is 15.1. The Balaban J connectivity index is 1.33. The van der Waals surface area contributed by atoms with Crippen LogP contribution >= 0.6 is 0 Å². The lowest BCUT2D eigenvalue weighted by molar-refractivity contribution is 0.238. The van der Waals surface area contributed by atoms with E-state index in [1.807, 2.05) is 91.4 Å². The zero-order valence-electron chi connectivity index (χ0n) is 18.4. The number of hydrogen-bond acceptors (Lipinski definition) is 7. The lowest BCUT2D eigenvalue weighted by Crippen LogP contribution is -2.24. The van der Waals surface area contributed by atoms with Crippen molar-refractivity contribution in [3.8, 4) is 0 Å². The normalized spacial score (nSPS) is 11.6. The summed E-state index contributed by atoms with van der Waals surface area (Å²) in [5, 5.41) is 0. The van der Waals surface area contributed by atoms with Gasteiger partial charge < -0.3 is 0 Å². The second kappa shape index (κ2) is 8.88. The minimum atomic E-state index is 0.598. The van der Waals surface area contributed by atoms with Crippen molar-refractivity contribution in [1.29, 1.82) is 0 Å². The summed E-state index contributed by atoms with van der Waals surface area (Å²) in [5.74, 6) is 0. The average molecular weight is 444 g/mol. The Morgan fingerprint density at radius 2 is 0.706 bits per heavy atom. The van der Waals surface area contributed by atoms with E-state index >= 15 is 0 Å². The summed E-state index contributed by atoms with van der Waals surface area (Å²) in [6.45, 7) is 1.79. The minimum absolute atomic E-state index is 0.598. The van der Waals surface area contributed by atoms with Crippen molar-refractivity contribution in [1.82, 2.24) is 34.8 Å². The summed E-state index contributed by atoms with van der Waals surface area (Å²) < 4.78 is 0. The Morgan fingerprint density at radius 3 is 1.03 bits per heavy atom. The van der Waals surface area contributed by atoms with E-state index in [0.29, 0.717) is 19.6 Å². The van der Waals surface area contributed by atoms with E-state index in [0.717, 1.165) is 50.2 Å². The van der Waals surface area contributed by atoms with Crippen LogP contribution in [-0.4, -0.2) is 34.8 Å². The third-order valence-electron chi connectivity index (χ3n) is 5.65. The molecule has 0 spiro atoms. The molecule has 0 aliphatic carbocycles. The van der Waals surface area contributed by atoms with Gasteiger partial charge in [0.25, 0.3) is 0 Å². The van der Waals surface area contributed by atoms with Gasteiger partial charge in [0.15, 0.2) is 0 Å². The molecule has 0 N–H and O–H groups in total. The summed E-state index contributed by atoms with van der Waals surface area (Å²) in [7, 11) is 0. The number of fused-ring (bicyclic) bond motifs is 3. The molecule has 7 heteroatoms. The second-order valence-corrected chi connectivity index (χ2v) is 8.20. The van der Waals surface area contributed by atoms with Crippen molar-refractivity contribution in [3.63, 3.8) is 0 Å². The maximum atomic E-state index is 4.82. The number of para-hydroxylation sites is 6. The summed E-state index contributed by atoms with van der Waals surface area (Å²) in [6.07, 6.45) is 5.52. The monoisotopic (exact) mass is 443 g/mol. The first kappa shape index (κ1) is 20.3. The van der Waals surface area contributed by atoms with E-state index in [2.05, 4.69) is 19.9 Å². The van der Waals surface area contributed by atoms with Gasteiger partial charge in [-0.05, 0) is 36.4 Å². The van der Waals surface area contributed by atoms with Gasteiger partial charge in [-0.1, -0.05) is 36.4 Å². The van der Waals surface area contributed by atoms with E-state index in [9.17, 15) is 0 Å². The van der Waals surface area contributed by atoms with Crippen LogP contribution in [0.2, 0.25) is 0 Å². The van der Waals surface area contributed by atoms with Gasteiger partial charge in [0.05, 0.1) is 68.8 Å². The topological polar surface area (TPSA) is 80.6 Å². The van der Waals surface area contributed by atoms with Gasteiger partial charge in [0.2, 0.25) is 0 Å². The van der Waals surface area contributed by atoms with Crippen molar-refractivity contribution in [3.05, 3.63) is 108 Å². The van der Waals surface area contributed by atoms with Gasteiger partial charge in [-0.3, -0.25) is 19.9 Å². The molecule has 0 unspecified atom stereocenters. The fourth-order valence-corrected chi connectivity index (χ4v) is 4.07. The van der Waals surface area contributed by atoms with E-state index in [1.165, 1.54) is 0 Å². The lowest BCUT2D eigenvalue weighted by atomic mass is 10.2. The molecule has 34 heavy (non-hydrogen) atoms. The average Bonchev–Trinajstić information content (AvgIpc) is 2.88. The number of hydrogen-bond donors (Lipinski definition) is 0. The fourth-order valence-electron chi connectivity index (χ4n) is 4.07. The Kier molecular flexibility index (Phi) is 5.29. The second-order valence-electron chi connectivity index (χ2n) is 8.20. The Morgan fingerprint density at radius 1 is 0.412 bits per heavy atom. The molecule has 0 saturated carbocycles. The van der Waals surface area contributed by atoms with E-state index < -0.39 is 0 Å². The van der Waals surface area contributed by atoms with Crippen LogP contribution in [0.4, 0.5) is 0 Å². The zero-order chi connectivity index (χ0) is 22.7. The van der Waals surface area contributed by atoms with Crippen LogP contribution in [0, 0.1) is 0 Å². The van der Waals surface area contributed by atoms with Gasteiger partial charge in [0.1, 0.15) is 0 Å². The third kappa shape index (κ3) is 4.29. The number of benzene rings is 3. The van der Waals surface area contributed by atoms with Crippen molar-refractivity contribution >= 4 is 33.1 Å². The van der Waals surface area contributed by atoms with E-state index in [4.69, 9.17) is 15.0 Å². The highest BCUT2D eigenvalue weighted by Gasteiger charge is 2.13. The molecule has 0 aliphatic heterocycles. The van der Waals surface area contributed by atoms with Crippen molar-refractivity contribution in [2.45, 2.75) is 19.6 Å². The van der Waals surface area contributed by atoms with Gasteiger partial charge in [-0.25, -0.2) is 15.0 Å². The SMILES string of the molecule is c1ccc2nc(CN(Cc3cnc4ccccc4n3)Cc3cnc4ccccc4n3)cnc2c1. The fraction of sp³-hybridized carbons (Fsp3) is 0.111. The summed E-state index contributed by atoms with van der Waals surface area (Å²) in [5.41, 5.74) is 7.99. The Hall–Kier alpha value is -4.36. The molecule has 3 aromatic carbocycles. The maximum Gasteiger partial charge on any atom is 0.0890 e. The van der Waals surface area contributed by atoms with Crippen LogP contribution in [-0.2, 0) is 19.6 Å². The first-order valence-corrected chi connectivity index (χ1v) is 11.1. The maximum absolute atomic E-state index is 4.82. The number of nitrogens with zero attached hydrogens (tertiary/aromatic N) is 7. The van der Waals surface area contributed by atoms with Gasteiger partial charge in [0, 0.05) is 19.6 Å². The van der Waals surface area contributed by atoms with Gasteiger partial charge in [-0.15, -0.1) is 0 Å². The molecule has 6 rings (SSSR count). The molecule has 0 aliphatic rings.